The van der Waals surface area contributed by atoms with E-state index in [4.69, 9.17) is 25.9 Å². The first-order valence-electron chi connectivity index (χ1n) is 13.6. The molecule has 0 saturated carbocycles. The molecule has 10 heteroatoms. The highest BCUT2D eigenvalue weighted by Gasteiger charge is 2.29. The number of hydrogen-bond acceptors (Lipinski definition) is 7. The summed E-state index contributed by atoms with van der Waals surface area (Å²) in [5, 5.41) is 13.8. The second-order valence-corrected chi connectivity index (χ2v) is 10.6. The van der Waals surface area contributed by atoms with Gasteiger partial charge in [-0.1, -0.05) is 35.0 Å². The van der Waals surface area contributed by atoms with Crippen molar-refractivity contribution in [2.24, 2.45) is 5.16 Å². The van der Waals surface area contributed by atoms with Gasteiger partial charge in [0.05, 0.1) is 36.7 Å². The number of aromatic nitrogens is 1. The summed E-state index contributed by atoms with van der Waals surface area (Å²) in [4.78, 5) is 43.9. The normalized spacial score (nSPS) is 17.4. The Balaban J connectivity index is 1.53. The Morgan fingerprint density at radius 1 is 1.10 bits per heavy atom. The number of hydrogen-bond donors (Lipinski definition) is 1. The van der Waals surface area contributed by atoms with Crippen LogP contribution in [0.1, 0.15) is 59.6 Å². The number of ketones is 1. The fourth-order valence-corrected chi connectivity index (χ4v) is 5.53. The lowest BCUT2D eigenvalue weighted by Gasteiger charge is -2.28. The number of carbonyl (C=O) groups excluding carboxylic acids is 1. The molecule has 2 aliphatic heterocycles. The third-order valence-corrected chi connectivity index (χ3v) is 7.73. The number of nitrogens with zero attached hydrogens (tertiary/aromatic N) is 2. The number of pyridine rings is 1. The van der Waals surface area contributed by atoms with Crippen LogP contribution in [0.3, 0.4) is 0 Å². The number of carboxylic acid groups (broad SMARTS) is 1. The number of Topliss-reactive ketones (excluding diaryl/α,β-unsaturated/α-hetero) is 1. The molecule has 2 atom stereocenters. The van der Waals surface area contributed by atoms with E-state index in [2.05, 4.69) is 5.16 Å². The van der Waals surface area contributed by atoms with Crippen molar-refractivity contribution in [3.05, 3.63) is 86.8 Å². The van der Waals surface area contributed by atoms with Crippen molar-refractivity contribution in [1.29, 1.82) is 0 Å². The van der Waals surface area contributed by atoms with Crippen LogP contribution in [0.4, 0.5) is 0 Å². The predicted molar refractivity (Wildman–Crippen MR) is 154 cm³/mol. The van der Waals surface area contributed by atoms with E-state index in [0.717, 1.165) is 30.5 Å². The van der Waals surface area contributed by atoms with Gasteiger partial charge >= 0.3 is 5.97 Å². The van der Waals surface area contributed by atoms with Gasteiger partial charge in [0.1, 0.15) is 12.4 Å². The average Bonchev–Trinajstić information content (AvgIpc) is 3.51. The number of benzene rings is 2. The van der Waals surface area contributed by atoms with Crippen molar-refractivity contribution in [2.75, 3.05) is 20.3 Å². The molecule has 0 spiro atoms. The summed E-state index contributed by atoms with van der Waals surface area (Å²) < 4.78 is 13.1. The number of methoxy groups -OCH3 is 1. The maximum atomic E-state index is 13.8. The standard InChI is InChI=1S/C31H31ClN2O7/c1-39-29-18-34(30(36)17-25(29)24-15-21(32)9-10-23(24)26-11-13-41-33-26)27(16-22-4-2-3-12-40-22)28(35)14-19-5-7-20(8-6-19)31(37)38/h5-10,15,17-18,22,27H,2-4,11-14,16H2,1H3,(H,37,38)/t22-,27?/m0/s1. The molecule has 0 amide bonds. The van der Waals surface area contributed by atoms with Crippen LogP contribution in [0.5, 0.6) is 5.75 Å². The minimum Gasteiger partial charge on any atom is -0.495 e. The van der Waals surface area contributed by atoms with Gasteiger partial charge in [-0.15, -0.1) is 0 Å². The van der Waals surface area contributed by atoms with Crippen molar-refractivity contribution >= 4 is 29.1 Å². The van der Waals surface area contributed by atoms with E-state index < -0.39 is 12.0 Å². The minimum absolute atomic E-state index is 0.0338. The molecule has 2 aliphatic rings. The summed E-state index contributed by atoms with van der Waals surface area (Å²) in [5.74, 6) is -0.815. The van der Waals surface area contributed by atoms with Crippen LogP contribution in [-0.4, -0.2) is 53.6 Å². The molecule has 5 rings (SSSR count). The third-order valence-electron chi connectivity index (χ3n) is 7.50. The highest BCUT2D eigenvalue weighted by Crippen LogP contribution is 2.35. The number of oxime groups is 1. The Hall–Kier alpha value is -3.95. The number of rotatable bonds is 10. The molecule has 0 bridgehead atoms. The molecule has 1 unspecified atom stereocenters. The monoisotopic (exact) mass is 578 g/mol. The zero-order valence-corrected chi connectivity index (χ0v) is 23.4. The van der Waals surface area contributed by atoms with Gasteiger partial charge in [0, 0.05) is 48.1 Å². The number of carbonyl (C=O) groups is 2. The maximum absolute atomic E-state index is 13.8. The van der Waals surface area contributed by atoms with Gasteiger partial charge in [0.25, 0.3) is 5.56 Å². The highest BCUT2D eigenvalue weighted by atomic mass is 35.5. The Labute approximate surface area is 242 Å². The van der Waals surface area contributed by atoms with Gasteiger partial charge < -0.3 is 24.0 Å². The molecule has 1 saturated heterocycles. The molecule has 3 heterocycles. The Bertz CT molecular complexity index is 1520. The summed E-state index contributed by atoms with van der Waals surface area (Å²) in [5.41, 5.74) is 3.18. The van der Waals surface area contributed by atoms with Crippen LogP contribution in [0.2, 0.25) is 5.02 Å². The van der Waals surface area contributed by atoms with Crippen molar-refractivity contribution in [2.45, 2.75) is 50.7 Å². The van der Waals surface area contributed by atoms with Gasteiger partial charge in [-0.2, -0.15) is 0 Å². The molecule has 3 aromatic rings. The van der Waals surface area contributed by atoms with Gasteiger partial charge in [-0.3, -0.25) is 9.59 Å². The van der Waals surface area contributed by atoms with Crippen LogP contribution in [0.15, 0.2) is 64.7 Å². The molecule has 214 valence electrons. The Morgan fingerprint density at radius 2 is 1.90 bits per heavy atom. The Morgan fingerprint density at radius 3 is 2.56 bits per heavy atom. The van der Waals surface area contributed by atoms with Crippen LogP contribution < -0.4 is 10.3 Å². The quantitative estimate of drug-likeness (QED) is 0.346. The third kappa shape index (κ3) is 6.52. The first kappa shape index (κ1) is 28.6. The minimum atomic E-state index is -1.04. The summed E-state index contributed by atoms with van der Waals surface area (Å²) in [6.45, 7) is 1.09. The largest absolute Gasteiger partial charge is 0.495 e. The van der Waals surface area contributed by atoms with E-state index in [1.54, 1.807) is 30.5 Å². The first-order chi connectivity index (χ1) is 19.8. The molecule has 41 heavy (non-hydrogen) atoms. The molecule has 0 radical (unpaired) electrons. The molecule has 9 nitrogen and oxygen atoms in total. The van der Waals surface area contributed by atoms with E-state index in [-0.39, 0.29) is 29.4 Å². The fraction of sp³-hybridized carbons (Fsp3) is 0.355. The lowest BCUT2D eigenvalue weighted by atomic mass is 9.94. The van der Waals surface area contributed by atoms with Crippen molar-refractivity contribution in [3.63, 3.8) is 0 Å². The van der Waals surface area contributed by atoms with Gasteiger partial charge in [-0.25, -0.2) is 4.79 Å². The zero-order chi connectivity index (χ0) is 28.9. The van der Waals surface area contributed by atoms with Crippen molar-refractivity contribution in [1.82, 2.24) is 4.57 Å². The number of aromatic carboxylic acids is 1. The highest BCUT2D eigenvalue weighted by molar-refractivity contribution is 6.31. The predicted octanol–water partition coefficient (Wildman–Crippen LogP) is 5.31. The zero-order valence-electron chi connectivity index (χ0n) is 22.7. The first-order valence-corrected chi connectivity index (χ1v) is 14.0. The summed E-state index contributed by atoms with van der Waals surface area (Å²) >= 11 is 6.36. The van der Waals surface area contributed by atoms with Crippen molar-refractivity contribution in [3.8, 4) is 16.9 Å². The van der Waals surface area contributed by atoms with E-state index in [1.165, 1.54) is 29.9 Å². The van der Waals surface area contributed by atoms with Crippen LogP contribution in [-0.2, 0) is 20.8 Å². The van der Waals surface area contributed by atoms with Crippen LogP contribution >= 0.6 is 11.6 Å². The second kappa shape index (κ2) is 12.7. The average molecular weight is 579 g/mol. The lowest BCUT2D eigenvalue weighted by Crippen LogP contribution is -2.34. The molecule has 1 N–H and O–H groups in total. The van der Waals surface area contributed by atoms with E-state index >= 15 is 0 Å². The van der Waals surface area contributed by atoms with Crippen LogP contribution in [0, 0.1) is 0 Å². The maximum Gasteiger partial charge on any atom is 0.335 e. The second-order valence-electron chi connectivity index (χ2n) is 10.2. The fourth-order valence-electron chi connectivity index (χ4n) is 5.36. The molecule has 0 aliphatic carbocycles. The van der Waals surface area contributed by atoms with Gasteiger partial charge in [0.15, 0.2) is 5.78 Å². The molecule has 1 fully saturated rings. The van der Waals surface area contributed by atoms with Crippen molar-refractivity contribution < 1.29 is 29.0 Å². The summed E-state index contributed by atoms with van der Waals surface area (Å²) in [7, 11) is 1.51. The number of ether oxygens (including phenoxy) is 2. The summed E-state index contributed by atoms with van der Waals surface area (Å²) in [6.07, 6.45) is 5.17. The van der Waals surface area contributed by atoms with Crippen LogP contribution in [0.25, 0.3) is 11.1 Å². The number of halogens is 1. The van der Waals surface area contributed by atoms with Gasteiger partial charge in [-0.05, 0) is 54.7 Å². The topological polar surface area (TPSA) is 116 Å². The summed E-state index contributed by atoms with van der Waals surface area (Å²) in [6, 6.07) is 12.2. The van der Waals surface area contributed by atoms with E-state index in [1.807, 2.05) is 6.07 Å². The van der Waals surface area contributed by atoms with E-state index in [9.17, 15) is 19.5 Å². The SMILES string of the molecule is COc1cn(C(C[C@@H]2CCCCO2)C(=O)Cc2ccc(C(=O)O)cc2)c(=O)cc1-c1cc(Cl)ccc1C1=NOCC1. The molecular weight excluding hydrogens is 548 g/mol. The smallest absolute Gasteiger partial charge is 0.335 e. The molecule has 1 aromatic heterocycles. The van der Waals surface area contributed by atoms with E-state index in [0.29, 0.717) is 53.5 Å². The molecular formula is C31H31ClN2O7. The lowest BCUT2D eigenvalue weighted by molar-refractivity contribution is -0.123. The van der Waals surface area contributed by atoms with Gasteiger partial charge in [0.2, 0.25) is 0 Å². The Kier molecular flexibility index (Phi) is 8.85. The molecule has 2 aromatic carbocycles. The number of carboxylic acids is 1.